The fourth-order valence-corrected chi connectivity index (χ4v) is 4.93. The van der Waals surface area contributed by atoms with Crippen molar-refractivity contribution in [3.63, 3.8) is 0 Å². The van der Waals surface area contributed by atoms with E-state index in [9.17, 15) is 14.7 Å². The highest BCUT2D eigenvalue weighted by Crippen LogP contribution is 2.27. The number of halogens is 2. The highest BCUT2D eigenvalue weighted by Gasteiger charge is 2.37. The second-order valence-corrected chi connectivity index (χ2v) is 11.7. The van der Waals surface area contributed by atoms with Crippen molar-refractivity contribution in [3.05, 3.63) is 29.8 Å². The van der Waals surface area contributed by atoms with Crippen LogP contribution in [0.15, 0.2) is 24.3 Å². The number of nitrogens with one attached hydrogen (secondary N) is 3. The Morgan fingerprint density at radius 3 is 2.41 bits per heavy atom. The summed E-state index contributed by atoms with van der Waals surface area (Å²) in [5, 5.41) is 20.1. The van der Waals surface area contributed by atoms with Crippen LogP contribution in [0.1, 0.15) is 76.6 Å². The lowest BCUT2D eigenvalue weighted by atomic mass is 9.79. The largest absolute Gasteiger partial charge is 0.493 e. The minimum Gasteiger partial charge on any atom is -0.493 e. The number of nitrogens with two attached hydrogens (primary N) is 1. The quantitative estimate of drug-likeness (QED) is 0.168. The predicted octanol–water partition coefficient (Wildman–Crippen LogP) is 3.70. The van der Waals surface area contributed by atoms with Gasteiger partial charge in [0, 0.05) is 38.9 Å². The van der Waals surface area contributed by atoms with Gasteiger partial charge >= 0.3 is 0 Å². The van der Waals surface area contributed by atoms with Crippen molar-refractivity contribution in [2.75, 3.05) is 40.0 Å². The third-order valence-corrected chi connectivity index (χ3v) is 7.91. The number of rotatable bonds is 17. The Balaban J connectivity index is 0.00000800. The highest BCUT2D eigenvalue weighted by atomic mass is 35.5. The molecule has 1 fully saturated rings. The first-order chi connectivity index (χ1) is 18.6. The third-order valence-electron chi connectivity index (χ3n) is 7.91. The summed E-state index contributed by atoms with van der Waals surface area (Å²) in [5.41, 5.74) is 6.29. The Morgan fingerprint density at radius 2 is 1.78 bits per heavy atom. The summed E-state index contributed by atoms with van der Waals surface area (Å²) in [6, 6.07) is 6.82. The smallest absolute Gasteiger partial charge is 0.255 e. The molecule has 1 heterocycles. The van der Waals surface area contributed by atoms with E-state index in [1.165, 1.54) is 0 Å². The summed E-state index contributed by atoms with van der Waals surface area (Å²) in [6.45, 7) is 10.7. The van der Waals surface area contributed by atoms with Gasteiger partial charge in [-0.2, -0.15) is 0 Å². The van der Waals surface area contributed by atoms with Crippen molar-refractivity contribution in [1.82, 2.24) is 16.0 Å². The monoisotopic (exact) mass is 620 g/mol. The van der Waals surface area contributed by atoms with E-state index in [0.717, 1.165) is 38.6 Å². The Hall–Kier alpha value is -1.62. The number of benzene rings is 1. The number of carbonyl (C=O) groups is 2. The predicted molar refractivity (Wildman–Crippen MR) is 169 cm³/mol. The zero-order chi connectivity index (χ0) is 28.8. The average molecular weight is 622 g/mol. The van der Waals surface area contributed by atoms with Crippen molar-refractivity contribution in [3.8, 4) is 5.75 Å². The van der Waals surface area contributed by atoms with Gasteiger partial charge in [-0.25, -0.2) is 0 Å². The van der Waals surface area contributed by atoms with Gasteiger partial charge < -0.3 is 36.3 Å². The summed E-state index contributed by atoms with van der Waals surface area (Å²) in [7, 11) is 1.67. The first-order valence-electron chi connectivity index (χ1n) is 14.5. The molecule has 41 heavy (non-hydrogen) atoms. The number of ether oxygens (including phenoxy) is 2. The van der Waals surface area contributed by atoms with E-state index in [1.54, 1.807) is 19.2 Å². The lowest BCUT2D eigenvalue weighted by Gasteiger charge is -2.37. The second kappa shape index (κ2) is 20.3. The number of amides is 2. The number of aliphatic hydroxyl groups excluding tert-OH is 1. The lowest BCUT2D eigenvalue weighted by Crippen LogP contribution is -2.54. The van der Waals surface area contributed by atoms with Crippen molar-refractivity contribution in [2.45, 2.75) is 84.4 Å². The van der Waals surface area contributed by atoms with Crippen LogP contribution in [0.25, 0.3) is 0 Å². The van der Waals surface area contributed by atoms with Crippen LogP contribution in [0.4, 0.5) is 0 Å². The average Bonchev–Trinajstić information content (AvgIpc) is 2.93. The van der Waals surface area contributed by atoms with Gasteiger partial charge in [-0.15, -0.1) is 24.8 Å². The molecule has 0 aliphatic carbocycles. The van der Waals surface area contributed by atoms with Crippen molar-refractivity contribution >= 4 is 36.6 Å². The minimum absolute atomic E-state index is 0. The SMILES string of the molecule is COCCCCOc1ccccc1C(=O)NC[C@@H](C[C@H](N)[C@@H](O)CNC(=O)C(C)(C)[C@@H]1CCCCN1)C(C)C.Cl.Cl. The minimum atomic E-state index is -0.881. The first kappa shape index (κ1) is 39.4. The van der Waals surface area contributed by atoms with Crippen molar-refractivity contribution in [1.29, 1.82) is 0 Å². The summed E-state index contributed by atoms with van der Waals surface area (Å²) in [6.07, 6.45) is 4.58. The molecule has 2 rings (SSSR count). The zero-order valence-electron chi connectivity index (χ0n) is 25.4. The normalized spacial score (nSPS) is 17.4. The number of hydrogen-bond donors (Lipinski definition) is 5. The van der Waals surface area contributed by atoms with Gasteiger partial charge in [0.1, 0.15) is 5.75 Å². The van der Waals surface area contributed by atoms with E-state index < -0.39 is 17.6 Å². The molecule has 0 radical (unpaired) electrons. The molecule has 238 valence electrons. The molecule has 6 N–H and O–H groups in total. The van der Waals surface area contributed by atoms with Gasteiger partial charge in [0.05, 0.1) is 23.7 Å². The maximum Gasteiger partial charge on any atom is 0.255 e. The van der Waals surface area contributed by atoms with Gasteiger partial charge in [-0.1, -0.05) is 32.4 Å². The van der Waals surface area contributed by atoms with Crippen LogP contribution in [-0.4, -0.2) is 75.1 Å². The van der Waals surface area contributed by atoms with E-state index in [1.807, 2.05) is 26.0 Å². The van der Waals surface area contributed by atoms with Gasteiger partial charge in [0.25, 0.3) is 5.91 Å². The summed E-state index contributed by atoms with van der Waals surface area (Å²) in [5.74, 6) is 0.567. The molecule has 11 heteroatoms. The fraction of sp³-hybridized carbons (Fsp3) is 0.733. The Kier molecular flexibility index (Phi) is 19.5. The number of unbranched alkanes of at least 4 members (excludes halogenated alkanes) is 1. The zero-order valence-corrected chi connectivity index (χ0v) is 27.1. The van der Waals surface area contributed by atoms with Crippen LogP contribution < -0.4 is 26.4 Å². The standard InChI is InChI=1S/C30H52N4O5.2ClH/c1-21(2)22(19-33-28(36)23-12-6-7-13-26(23)39-17-11-10-16-38-5)18-24(31)25(35)20-34-29(37)30(3,4)27-14-8-9-15-32-27;;/h6-7,12-13,21-22,24-25,27,32,35H,8-11,14-20,31H2,1-5H3,(H,33,36)(H,34,37);2*1H/t22-,24+,25+,27+;;/m1../s1. The fourth-order valence-electron chi connectivity index (χ4n) is 4.93. The molecule has 0 aromatic heterocycles. The van der Waals surface area contributed by atoms with E-state index in [0.29, 0.717) is 37.5 Å². The van der Waals surface area contributed by atoms with Crippen LogP contribution >= 0.6 is 24.8 Å². The van der Waals surface area contributed by atoms with Crippen LogP contribution in [0.3, 0.4) is 0 Å². The topological polar surface area (TPSA) is 135 Å². The number of methoxy groups -OCH3 is 1. The summed E-state index contributed by atoms with van der Waals surface area (Å²) < 4.78 is 10.9. The molecule has 0 bridgehead atoms. The van der Waals surface area contributed by atoms with E-state index >= 15 is 0 Å². The van der Waals surface area contributed by atoms with Crippen LogP contribution in [0.5, 0.6) is 5.75 Å². The number of hydrogen-bond acceptors (Lipinski definition) is 7. The van der Waals surface area contributed by atoms with E-state index in [4.69, 9.17) is 15.2 Å². The number of piperidine rings is 1. The molecule has 1 aromatic rings. The maximum atomic E-state index is 13.0. The molecule has 1 aromatic carbocycles. The lowest BCUT2D eigenvalue weighted by molar-refractivity contribution is -0.131. The molecule has 1 aliphatic heterocycles. The van der Waals surface area contributed by atoms with E-state index in [-0.39, 0.29) is 61.1 Å². The Morgan fingerprint density at radius 1 is 1.10 bits per heavy atom. The molecule has 2 amide bonds. The molecule has 1 aliphatic rings. The molecular weight excluding hydrogens is 567 g/mol. The van der Waals surface area contributed by atoms with Gasteiger partial charge in [-0.05, 0) is 76.5 Å². The Bertz CT molecular complexity index is 884. The second-order valence-electron chi connectivity index (χ2n) is 11.7. The van der Waals surface area contributed by atoms with E-state index in [2.05, 4.69) is 29.8 Å². The molecule has 0 saturated carbocycles. The molecule has 1 saturated heterocycles. The summed E-state index contributed by atoms with van der Waals surface area (Å²) in [4.78, 5) is 25.9. The highest BCUT2D eigenvalue weighted by molar-refractivity contribution is 5.96. The van der Waals surface area contributed by atoms with Crippen LogP contribution in [-0.2, 0) is 9.53 Å². The van der Waals surface area contributed by atoms with Crippen molar-refractivity contribution < 1.29 is 24.2 Å². The molecule has 0 unspecified atom stereocenters. The first-order valence-corrected chi connectivity index (χ1v) is 14.5. The van der Waals surface area contributed by atoms with Gasteiger partial charge in [0.2, 0.25) is 5.91 Å². The Labute approximate surface area is 259 Å². The molecule has 9 nitrogen and oxygen atoms in total. The molecule has 0 spiro atoms. The molecule has 4 atom stereocenters. The molecular formula is C30H54Cl2N4O5. The number of para-hydroxylation sites is 1. The number of aliphatic hydroxyl groups is 1. The van der Waals surface area contributed by atoms with Crippen molar-refractivity contribution in [2.24, 2.45) is 23.0 Å². The van der Waals surface area contributed by atoms with Gasteiger partial charge in [-0.3, -0.25) is 9.59 Å². The van der Waals surface area contributed by atoms with Crippen LogP contribution in [0.2, 0.25) is 0 Å². The number of carbonyl (C=O) groups excluding carboxylic acids is 2. The third kappa shape index (κ3) is 13.1. The van der Waals surface area contributed by atoms with Crippen LogP contribution in [0, 0.1) is 17.3 Å². The maximum absolute atomic E-state index is 13.0. The van der Waals surface area contributed by atoms with Gasteiger partial charge in [0.15, 0.2) is 0 Å². The summed E-state index contributed by atoms with van der Waals surface area (Å²) >= 11 is 0.